The fourth-order valence-corrected chi connectivity index (χ4v) is 2.05. The largest absolute Gasteiger partial charge is 0.388 e. The van der Waals surface area contributed by atoms with E-state index in [1.165, 1.54) is 6.26 Å². The van der Waals surface area contributed by atoms with Crippen LogP contribution in [0.25, 0.3) is 5.69 Å². The van der Waals surface area contributed by atoms with E-state index in [4.69, 9.17) is 5.11 Å². The van der Waals surface area contributed by atoms with Gasteiger partial charge in [0.15, 0.2) is 5.82 Å². The number of benzene rings is 1. The summed E-state index contributed by atoms with van der Waals surface area (Å²) in [5, 5.41) is 17.1. The minimum absolute atomic E-state index is 0.237. The normalized spacial score (nSPS) is 12.6. The van der Waals surface area contributed by atoms with E-state index in [2.05, 4.69) is 10.2 Å². The van der Waals surface area contributed by atoms with E-state index in [0.29, 0.717) is 11.0 Å². The highest BCUT2D eigenvalue weighted by molar-refractivity contribution is 7.84. The van der Waals surface area contributed by atoms with E-state index < -0.39 is 10.8 Å². The van der Waals surface area contributed by atoms with Crippen LogP contribution in [0.15, 0.2) is 35.5 Å². The Morgan fingerprint density at radius 1 is 1.31 bits per heavy atom. The second-order valence-corrected chi connectivity index (χ2v) is 4.46. The number of aromatic nitrogens is 3. The summed E-state index contributed by atoms with van der Waals surface area (Å²) in [6.45, 7) is -0.237. The molecule has 2 rings (SSSR count). The summed E-state index contributed by atoms with van der Waals surface area (Å²) < 4.78 is 13.1. The summed E-state index contributed by atoms with van der Waals surface area (Å²) in [5.74, 6) is 0.386. The molecule has 1 aromatic carbocycles. The van der Waals surface area contributed by atoms with Gasteiger partial charge < -0.3 is 5.11 Å². The van der Waals surface area contributed by atoms with Gasteiger partial charge in [-0.25, -0.2) is 0 Å². The van der Waals surface area contributed by atoms with Crippen molar-refractivity contribution in [3.8, 4) is 5.69 Å². The highest BCUT2D eigenvalue weighted by Crippen LogP contribution is 2.14. The molecule has 1 N–H and O–H groups in total. The molecule has 0 saturated heterocycles. The molecule has 0 aliphatic heterocycles. The summed E-state index contributed by atoms with van der Waals surface area (Å²) >= 11 is 0. The van der Waals surface area contributed by atoms with Crippen molar-refractivity contribution in [1.29, 1.82) is 0 Å². The topological polar surface area (TPSA) is 68.0 Å². The van der Waals surface area contributed by atoms with Gasteiger partial charge in [0.05, 0.1) is 10.8 Å². The number of hydrogen-bond donors (Lipinski definition) is 1. The summed E-state index contributed by atoms with van der Waals surface area (Å²) in [7, 11) is -1.24. The van der Waals surface area contributed by atoms with E-state index in [0.717, 1.165) is 5.69 Å². The lowest BCUT2D eigenvalue weighted by molar-refractivity contribution is 0.268. The predicted molar refractivity (Wildman–Crippen MR) is 59.6 cm³/mol. The van der Waals surface area contributed by atoms with Crippen LogP contribution in [0.5, 0.6) is 0 Å². The second-order valence-electron chi connectivity index (χ2n) is 3.18. The first kappa shape index (κ1) is 11.0. The molecule has 16 heavy (non-hydrogen) atoms. The first-order valence-corrected chi connectivity index (χ1v) is 6.24. The lowest BCUT2D eigenvalue weighted by atomic mass is 10.3. The third kappa shape index (κ3) is 1.89. The molecule has 1 atom stereocenters. The van der Waals surface area contributed by atoms with Gasteiger partial charge in [0.25, 0.3) is 0 Å². The molecule has 0 amide bonds. The Morgan fingerprint density at radius 3 is 2.56 bits per heavy atom. The summed E-state index contributed by atoms with van der Waals surface area (Å²) in [4.78, 5) is 0. The number of rotatable bonds is 3. The van der Waals surface area contributed by atoms with Crippen LogP contribution in [0.2, 0.25) is 0 Å². The molecular formula is C10H11N3O2S. The molecule has 6 heteroatoms. The molecule has 0 saturated carbocycles. The van der Waals surface area contributed by atoms with Crippen molar-refractivity contribution in [3.05, 3.63) is 36.2 Å². The molecule has 0 bridgehead atoms. The van der Waals surface area contributed by atoms with Gasteiger partial charge >= 0.3 is 0 Å². The van der Waals surface area contributed by atoms with Crippen molar-refractivity contribution in [1.82, 2.24) is 14.8 Å². The van der Waals surface area contributed by atoms with Crippen molar-refractivity contribution in [2.45, 2.75) is 11.8 Å². The molecule has 0 aliphatic carbocycles. The Labute approximate surface area is 95.2 Å². The monoisotopic (exact) mass is 237 g/mol. The molecule has 0 fully saturated rings. The molecule has 1 aromatic heterocycles. The van der Waals surface area contributed by atoms with Gasteiger partial charge in [0, 0.05) is 11.9 Å². The van der Waals surface area contributed by atoms with Crippen LogP contribution < -0.4 is 0 Å². The smallest absolute Gasteiger partial charge is 0.226 e. The summed E-state index contributed by atoms with van der Waals surface area (Å²) in [6.07, 6.45) is 1.53. The fraction of sp³-hybridized carbons (Fsp3) is 0.200. The summed E-state index contributed by atoms with van der Waals surface area (Å²) in [6, 6.07) is 9.30. The van der Waals surface area contributed by atoms with Gasteiger partial charge in [-0.15, -0.1) is 10.2 Å². The zero-order chi connectivity index (χ0) is 11.5. The Hall–Kier alpha value is -1.53. The van der Waals surface area contributed by atoms with Gasteiger partial charge in [0.1, 0.15) is 6.61 Å². The maximum Gasteiger partial charge on any atom is 0.226 e. The lowest BCUT2D eigenvalue weighted by Crippen LogP contribution is -2.06. The highest BCUT2D eigenvalue weighted by Gasteiger charge is 2.15. The van der Waals surface area contributed by atoms with Gasteiger partial charge in [-0.3, -0.25) is 8.78 Å². The Balaban J connectivity index is 2.62. The zero-order valence-corrected chi connectivity index (χ0v) is 9.52. The average molecular weight is 237 g/mol. The van der Waals surface area contributed by atoms with E-state index in [1.54, 1.807) is 4.57 Å². The van der Waals surface area contributed by atoms with Gasteiger partial charge in [0.2, 0.25) is 5.16 Å². The lowest BCUT2D eigenvalue weighted by Gasteiger charge is -2.06. The standard InChI is InChI=1S/C10H11N3O2S/c1-16(15)10-12-11-9(7-14)13(10)8-5-3-2-4-6-8/h2-6,14H,7H2,1H3. The zero-order valence-electron chi connectivity index (χ0n) is 8.70. The SMILES string of the molecule is CS(=O)c1nnc(CO)n1-c1ccccc1. The number of aliphatic hydroxyl groups is 1. The van der Waals surface area contributed by atoms with Crippen LogP contribution in [0.3, 0.4) is 0 Å². The Morgan fingerprint density at radius 2 is 2.00 bits per heavy atom. The predicted octanol–water partition coefficient (Wildman–Crippen LogP) is 0.497. The van der Waals surface area contributed by atoms with Gasteiger partial charge in [-0.05, 0) is 12.1 Å². The van der Waals surface area contributed by atoms with Crippen LogP contribution in [-0.4, -0.2) is 30.3 Å². The second kappa shape index (κ2) is 4.54. The van der Waals surface area contributed by atoms with Crippen molar-refractivity contribution in [2.75, 3.05) is 6.26 Å². The average Bonchev–Trinajstić information content (AvgIpc) is 2.73. The molecule has 0 spiro atoms. The fourth-order valence-electron chi connectivity index (χ4n) is 1.43. The van der Waals surface area contributed by atoms with E-state index in [9.17, 15) is 4.21 Å². The van der Waals surface area contributed by atoms with Gasteiger partial charge in [-0.2, -0.15) is 0 Å². The van der Waals surface area contributed by atoms with Crippen molar-refractivity contribution in [3.63, 3.8) is 0 Å². The first-order valence-electron chi connectivity index (χ1n) is 4.68. The highest BCUT2D eigenvalue weighted by atomic mass is 32.2. The van der Waals surface area contributed by atoms with Crippen LogP contribution in [0.1, 0.15) is 5.82 Å². The Kier molecular flexibility index (Phi) is 3.12. The maximum atomic E-state index is 11.5. The quantitative estimate of drug-likeness (QED) is 0.844. The van der Waals surface area contributed by atoms with Crippen molar-refractivity contribution < 1.29 is 9.32 Å². The molecule has 0 aliphatic rings. The first-order chi connectivity index (χ1) is 7.74. The van der Waals surface area contributed by atoms with Gasteiger partial charge in [-0.1, -0.05) is 18.2 Å². The van der Waals surface area contributed by atoms with E-state index in [-0.39, 0.29) is 6.61 Å². The third-order valence-electron chi connectivity index (χ3n) is 2.11. The minimum atomic E-state index is -1.24. The molecule has 2 aromatic rings. The third-order valence-corrected chi connectivity index (χ3v) is 2.89. The molecule has 1 unspecified atom stereocenters. The van der Waals surface area contributed by atoms with E-state index >= 15 is 0 Å². The Bertz CT molecular complexity index is 510. The number of hydrogen-bond acceptors (Lipinski definition) is 4. The van der Waals surface area contributed by atoms with E-state index in [1.807, 2.05) is 30.3 Å². The molecule has 0 radical (unpaired) electrons. The summed E-state index contributed by atoms with van der Waals surface area (Å²) in [5.41, 5.74) is 0.793. The molecular weight excluding hydrogens is 226 g/mol. The van der Waals surface area contributed by atoms with Crippen LogP contribution in [-0.2, 0) is 17.4 Å². The molecule has 1 heterocycles. The molecule has 5 nitrogen and oxygen atoms in total. The van der Waals surface area contributed by atoms with Crippen LogP contribution >= 0.6 is 0 Å². The molecule has 84 valence electrons. The minimum Gasteiger partial charge on any atom is -0.388 e. The number of aliphatic hydroxyl groups excluding tert-OH is 1. The van der Waals surface area contributed by atoms with Crippen molar-refractivity contribution in [2.24, 2.45) is 0 Å². The van der Waals surface area contributed by atoms with Crippen LogP contribution in [0.4, 0.5) is 0 Å². The number of para-hydroxylation sites is 1. The number of nitrogens with zero attached hydrogens (tertiary/aromatic N) is 3. The maximum absolute atomic E-state index is 11.5. The van der Waals surface area contributed by atoms with Crippen molar-refractivity contribution >= 4 is 10.8 Å². The van der Waals surface area contributed by atoms with Crippen LogP contribution in [0, 0.1) is 0 Å².